The predicted molar refractivity (Wildman–Crippen MR) is 85.1 cm³/mol. The molecule has 118 valence electrons. The average Bonchev–Trinajstić information content (AvgIpc) is 2.52. The minimum absolute atomic E-state index is 0.00750. The van der Waals surface area contributed by atoms with Gasteiger partial charge in [0.25, 0.3) is 0 Å². The van der Waals surface area contributed by atoms with Crippen molar-refractivity contribution in [2.75, 3.05) is 6.61 Å². The molecule has 22 heavy (non-hydrogen) atoms. The number of halogens is 1. The summed E-state index contributed by atoms with van der Waals surface area (Å²) in [5.74, 6) is 0. The van der Waals surface area contributed by atoms with Crippen molar-refractivity contribution < 1.29 is 13.5 Å². The lowest BCUT2D eigenvalue weighted by atomic mass is 10.0. The van der Waals surface area contributed by atoms with Gasteiger partial charge in [-0.3, -0.25) is 0 Å². The monoisotopic (exact) mass is 340 g/mol. The van der Waals surface area contributed by atoms with E-state index in [0.717, 1.165) is 5.56 Å². The Kier molecular flexibility index (Phi) is 5.90. The van der Waals surface area contributed by atoms with Gasteiger partial charge in [-0.25, -0.2) is 18.1 Å². The molecule has 0 aliphatic carbocycles. The molecule has 0 radical (unpaired) electrons. The van der Waals surface area contributed by atoms with E-state index in [1.807, 2.05) is 30.3 Å². The van der Waals surface area contributed by atoms with Crippen molar-refractivity contribution in [3.05, 3.63) is 59.4 Å². The Balaban J connectivity index is 2.24. The van der Waals surface area contributed by atoms with E-state index in [2.05, 4.69) is 9.71 Å². The Morgan fingerprint density at radius 2 is 1.91 bits per heavy atom. The smallest absolute Gasteiger partial charge is 0.242 e. The molecule has 0 amide bonds. The van der Waals surface area contributed by atoms with Crippen LogP contribution >= 0.6 is 11.6 Å². The van der Waals surface area contributed by atoms with Gasteiger partial charge in [-0.05, 0) is 30.5 Å². The lowest BCUT2D eigenvalue weighted by molar-refractivity contribution is 0.278. The minimum Gasteiger partial charge on any atom is -0.396 e. The third-order valence-electron chi connectivity index (χ3n) is 3.16. The fraction of sp³-hybridized carbons (Fsp3) is 0.267. The molecule has 1 aromatic carbocycles. The largest absolute Gasteiger partial charge is 0.396 e. The number of nitrogens with one attached hydrogen (secondary N) is 1. The maximum Gasteiger partial charge on any atom is 0.242 e. The highest BCUT2D eigenvalue weighted by Crippen LogP contribution is 2.21. The van der Waals surface area contributed by atoms with Crippen LogP contribution in [0.1, 0.15) is 24.4 Å². The molecule has 1 unspecified atom stereocenters. The minimum atomic E-state index is -3.71. The molecule has 2 N–H and O–H groups in total. The number of aliphatic hydroxyl groups excluding tert-OH is 1. The van der Waals surface area contributed by atoms with E-state index in [1.54, 1.807) is 0 Å². The SMILES string of the molecule is O=S(=O)(NC(CCCO)c1ccccc1)c1ccc(Cl)nc1. The number of hydrogen-bond donors (Lipinski definition) is 2. The van der Waals surface area contributed by atoms with E-state index in [9.17, 15) is 8.42 Å². The quantitative estimate of drug-likeness (QED) is 0.759. The second-order valence-corrected chi connectivity index (χ2v) is 6.87. The number of pyridine rings is 1. The lowest BCUT2D eigenvalue weighted by Crippen LogP contribution is -2.29. The molecule has 7 heteroatoms. The van der Waals surface area contributed by atoms with Crippen molar-refractivity contribution >= 4 is 21.6 Å². The normalized spacial score (nSPS) is 13.0. The first-order valence-electron chi connectivity index (χ1n) is 6.82. The van der Waals surface area contributed by atoms with Crippen LogP contribution in [0.2, 0.25) is 5.15 Å². The van der Waals surface area contributed by atoms with E-state index in [4.69, 9.17) is 16.7 Å². The first kappa shape index (κ1) is 16.9. The molecule has 0 saturated heterocycles. The van der Waals surface area contributed by atoms with Crippen LogP contribution in [0.5, 0.6) is 0 Å². The van der Waals surface area contributed by atoms with Gasteiger partial charge in [-0.1, -0.05) is 41.9 Å². The van der Waals surface area contributed by atoms with Crippen LogP contribution in [0.15, 0.2) is 53.6 Å². The fourth-order valence-corrected chi connectivity index (χ4v) is 3.37. The maximum atomic E-state index is 12.4. The summed E-state index contributed by atoms with van der Waals surface area (Å²) >= 11 is 5.68. The highest BCUT2D eigenvalue weighted by molar-refractivity contribution is 7.89. The first-order chi connectivity index (χ1) is 10.5. The number of aromatic nitrogens is 1. The van der Waals surface area contributed by atoms with Crippen molar-refractivity contribution in [3.63, 3.8) is 0 Å². The zero-order valence-corrected chi connectivity index (χ0v) is 13.4. The highest BCUT2D eigenvalue weighted by Gasteiger charge is 2.21. The van der Waals surface area contributed by atoms with Gasteiger partial charge in [0, 0.05) is 18.8 Å². The van der Waals surface area contributed by atoms with Crippen molar-refractivity contribution in [2.45, 2.75) is 23.8 Å². The lowest BCUT2D eigenvalue weighted by Gasteiger charge is -2.19. The summed E-state index contributed by atoms with van der Waals surface area (Å²) in [6.45, 7) is 0.00750. The van der Waals surface area contributed by atoms with Gasteiger partial charge in [0.2, 0.25) is 10.0 Å². The van der Waals surface area contributed by atoms with Gasteiger partial charge < -0.3 is 5.11 Å². The van der Waals surface area contributed by atoms with E-state index in [-0.39, 0.29) is 16.7 Å². The number of hydrogen-bond acceptors (Lipinski definition) is 4. The second kappa shape index (κ2) is 7.69. The summed E-state index contributed by atoms with van der Waals surface area (Å²) in [5.41, 5.74) is 0.849. The molecule has 5 nitrogen and oxygen atoms in total. The molecule has 1 aromatic heterocycles. The standard InChI is InChI=1S/C15H17ClN2O3S/c16-15-9-8-13(11-17-15)22(20,21)18-14(7-4-10-19)12-5-2-1-3-6-12/h1-3,5-6,8-9,11,14,18-19H,4,7,10H2. The fourth-order valence-electron chi connectivity index (χ4n) is 2.05. The predicted octanol–water partition coefficient (Wildman–Crippen LogP) is 2.53. The van der Waals surface area contributed by atoms with Crippen LogP contribution in [0, 0.1) is 0 Å². The van der Waals surface area contributed by atoms with Gasteiger partial charge in [0.1, 0.15) is 10.0 Å². The molecule has 0 spiro atoms. The summed E-state index contributed by atoms with van der Waals surface area (Å²) in [4.78, 5) is 3.85. The Hall–Kier alpha value is -1.47. The molecule has 0 fully saturated rings. The molecule has 1 heterocycles. The summed E-state index contributed by atoms with van der Waals surface area (Å²) in [6, 6.07) is 11.7. The molecule has 1 atom stereocenters. The number of rotatable bonds is 7. The van der Waals surface area contributed by atoms with Crippen molar-refractivity contribution in [3.8, 4) is 0 Å². The van der Waals surface area contributed by atoms with E-state index < -0.39 is 16.1 Å². The molecule has 2 aromatic rings. The molecular weight excluding hydrogens is 324 g/mol. The molecule has 2 rings (SSSR count). The number of nitrogens with zero attached hydrogens (tertiary/aromatic N) is 1. The van der Waals surface area contributed by atoms with Gasteiger partial charge in [0.05, 0.1) is 0 Å². The third-order valence-corrected chi connectivity index (χ3v) is 4.84. The first-order valence-corrected chi connectivity index (χ1v) is 8.69. The summed E-state index contributed by atoms with van der Waals surface area (Å²) in [7, 11) is -3.71. The van der Waals surface area contributed by atoms with Gasteiger partial charge in [0.15, 0.2) is 0 Å². The number of aliphatic hydroxyl groups is 1. The van der Waals surface area contributed by atoms with Crippen LogP contribution in [0.4, 0.5) is 0 Å². The second-order valence-electron chi connectivity index (χ2n) is 4.77. The number of sulfonamides is 1. The highest BCUT2D eigenvalue weighted by atomic mass is 35.5. The van der Waals surface area contributed by atoms with Crippen LogP contribution in [-0.4, -0.2) is 25.1 Å². The summed E-state index contributed by atoms with van der Waals surface area (Å²) < 4.78 is 27.5. The van der Waals surface area contributed by atoms with E-state index >= 15 is 0 Å². The van der Waals surface area contributed by atoms with E-state index in [0.29, 0.717) is 12.8 Å². The van der Waals surface area contributed by atoms with Crippen molar-refractivity contribution in [2.24, 2.45) is 0 Å². The van der Waals surface area contributed by atoms with E-state index in [1.165, 1.54) is 18.3 Å². The Labute approximate surface area is 135 Å². The third kappa shape index (κ3) is 4.51. The molecular formula is C15H17ClN2O3S. The van der Waals surface area contributed by atoms with Crippen molar-refractivity contribution in [1.29, 1.82) is 0 Å². The Morgan fingerprint density at radius 1 is 1.18 bits per heavy atom. The Bertz CT molecular complexity index is 690. The van der Waals surface area contributed by atoms with Crippen molar-refractivity contribution in [1.82, 2.24) is 9.71 Å². The molecule has 0 bridgehead atoms. The zero-order valence-electron chi connectivity index (χ0n) is 11.8. The molecule has 0 aliphatic heterocycles. The van der Waals surface area contributed by atoms with Crippen LogP contribution in [0.3, 0.4) is 0 Å². The average molecular weight is 341 g/mol. The number of benzene rings is 1. The summed E-state index contributed by atoms with van der Waals surface area (Å²) in [6.07, 6.45) is 2.22. The van der Waals surface area contributed by atoms with Gasteiger partial charge in [-0.2, -0.15) is 0 Å². The molecule has 0 saturated carbocycles. The maximum absolute atomic E-state index is 12.4. The van der Waals surface area contributed by atoms with Gasteiger partial charge in [-0.15, -0.1) is 0 Å². The van der Waals surface area contributed by atoms with Crippen LogP contribution in [-0.2, 0) is 10.0 Å². The molecule has 0 aliphatic rings. The van der Waals surface area contributed by atoms with Crippen LogP contribution < -0.4 is 4.72 Å². The summed E-state index contributed by atoms with van der Waals surface area (Å²) in [5, 5.41) is 9.24. The Morgan fingerprint density at radius 3 is 2.50 bits per heavy atom. The van der Waals surface area contributed by atoms with Crippen LogP contribution in [0.25, 0.3) is 0 Å². The van der Waals surface area contributed by atoms with Gasteiger partial charge >= 0.3 is 0 Å². The topological polar surface area (TPSA) is 79.3 Å². The zero-order chi connectivity index (χ0) is 16.0.